The molecule has 7 nitrogen and oxygen atoms in total. The number of nitrogens with two attached hydrogens (primary N) is 1. The summed E-state index contributed by atoms with van der Waals surface area (Å²) in [6, 6.07) is 22.8. The van der Waals surface area contributed by atoms with Crippen LogP contribution in [0.5, 0.6) is 0 Å². The number of hydrogen-bond acceptors (Lipinski definition) is 5. The molecule has 0 bridgehead atoms. The summed E-state index contributed by atoms with van der Waals surface area (Å²) < 4.78 is 0. The molecule has 30 heavy (non-hydrogen) atoms. The van der Waals surface area contributed by atoms with Gasteiger partial charge >= 0.3 is 0 Å². The van der Waals surface area contributed by atoms with Crippen molar-refractivity contribution in [2.24, 2.45) is 5.73 Å². The Morgan fingerprint density at radius 2 is 1.60 bits per heavy atom. The molecule has 0 saturated heterocycles. The van der Waals surface area contributed by atoms with E-state index in [4.69, 9.17) is 5.73 Å². The van der Waals surface area contributed by atoms with Crippen LogP contribution in [0, 0.1) is 10.1 Å². The van der Waals surface area contributed by atoms with E-state index in [1.165, 1.54) is 12.1 Å². The quantitative estimate of drug-likeness (QED) is 0.336. The van der Waals surface area contributed by atoms with Gasteiger partial charge in [0.1, 0.15) is 0 Å². The Balaban J connectivity index is 1.81. The number of nitro benzene ring substituents is 1. The molecule has 2 amide bonds. The number of para-hydroxylation sites is 1. The first-order valence-corrected chi connectivity index (χ1v) is 10.0. The highest BCUT2D eigenvalue weighted by Crippen LogP contribution is 2.31. The molecule has 0 unspecified atom stereocenters. The highest BCUT2D eigenvalue weighted by Gasteiger charge is 2.21. The van der Waals surface area contributed by atoms with E-state index in [1.54, 1.807) is 4.90 Å². The van der Waals surface area contributed by atoms with Crippen LogP contribution in [0.3, 0.4) is 0 Å². The van der Waals surface area contributed by atoms with Crippen LogP contribution in [0.1, 0.15) is 15.9 Å². The summed E-state index contributed by atoms with van der Waals surface area (Å²) in [5.74, 6) is -0.939. The maximum absolute atomic E-state index is 13.0. The van der Waals surface area contributed by atoms with Gasteiger partial charge in [-0.05, 0) is 29.8 Å². The fourth-order valence-corrected chi connectivity index (χ4v) is 3.73. The number of anilines is 1. The summed E-state index contributed by atoms with van der Waals surface area (Å²) >= 11 is 1.05. The number of hydrogen-bond donors (Lipinski definition) is 1. The van der Waals surface area contributed by atoms with E-state index in [0.717, 1.165) is 29.1 Å². The number of carbonyl (C=O) groups is 2. The fourth-order valence-electron chi connectivity index (χ4n) is 2.85. The molecular weight excluding hydrogens is 402 g/mol. The number of benzene rings is 3. The van der Waals surface area contributed by atoms with Gasteiger partial charge in [0.2, 0.25) is 11.8 Å². The molecule has 3 aromatic carbocycles. The average molecular weight is 421 g/mol. The van der Waals surface area contributed by atoms with Gasteiger partial charge in [0.15, 0.2) is 0 Å². The van der Waals surface area contributed by atoms with Crippen molar-refractivity contribution >= 4 is 35.0 Å². The van der Waals surface area contributed by atoms with Crippen molar-refractivity contribution in [1.82, 2.24) is 0 Å². The standard InChI is InChI=1S/C22H19N3O4S/c23-22(27)17-11-12-20(19(13-17)25(28)29)30-15-21(26)24(18-9-5-2-6-10-18)14-16-7-3-1-4-8-16/h1-13H,14-15H2,(H2,23,27). The molecule has 0 aliphatic heterocycles. The molecule has 0 aliphatic rings. The van der Waals surface area contributed by atoms with Crippen LogP contribution < -0.4 is 10.6 Å². The third-order valence-electron chi connectivity index (χ3n) is 4.34. The monoisotopic (exact) mass is 421 g/mol. The normalized spacial score (nSPS) is 10.4. The van der Waals surface area contributed by atoms with Crippen molar-refractivity contribution in [3.8, 4) is 0 Å². The van der Waals surface area contributed by atoms with Crippen molar-refractivity contribution in [1.29, 1.82) is 0 Å². The molecule has 0 spiro atoms. The van der Waals surface area contributed by atoms with Gasteiger partial charge in [-0.15, -0.1) is 11.8 Å². The predicted molar refractivity (Wildman–Crippen MR) is 116 cm³/mol. The predicted octanol–water partition coefficient (Wildman–Crippen LogP) is 4.02. The van der Waals surface area contributed by atoms with Gasteiger partial charge in [-0.1, -0.05) is 48.5 Å². The van der Waals surface area contributed by atoms with Crippen molar-refractivity contribution < 1.29 is 14.5 Å². The molecular formula is C22H19N3O4S. The van der Waals surface area contributed by atoms with Crippen molar-refractivity contribution in [2.75, 3.05) is 10.7 Å². The number of nitrogens with zero attached hydrogens (tertiary/aromatic N) is 2. The summed E-state index contributed by atoms with van der Waals surface area (Å²) in [4.78, 5) is 37.1. The minimum Gasteiger partial charge on any atom is -0.366 e. The first kappa shape index (κ1) is 21.1. The zero-order valence-electron chi connectivity index (χ0n) is 15.9. The largest absolute Gasteiger partial charge is 0.366 e. The number of thioether (sulfide) groups is 1. The van der Waals surface area contributed by atoms with Gasteiger partial charge in [0.25, 0.3) is 5.69 Å². The van der Waals surface area contributed by atoms with Gasteiger partial charge in [-0.2, -0.15) is 0 Å². The summed E-state index contributed by atoms with van der Waals surface area (Å²) in [7, 11) is 0. The lowest BCUT2D eigenvalue weighted by Gasteiger charge is -2.23. The Labute approximate surface area is 177 Å². The van der Waals surface area contributed by atoms with E-state index in [-0.39, 0.29) is 22.9 Å². The van der Waals surface area contributed by atoms with Gasteiger partial charge in [-0.25, -0.2) is 0 Å². The summed E-state index contributed by atoms with van der Waals surface area (Å²) in [5.41, 5.74) is 6.71. The van der Waals surface area contributed by atoms with E-state index in [9.17, 15) is 19.7 Å². The minimum atomic E-state index is -0.746. The van der Waals surface area contributed by atoms with Gasteiger partial charge < -0.3 is 10.6 Å². The number of primary amides is 1. The van der Waals surface area contributed by atoms with Crippen LogP contribution in [0.4, 0.5) is 11.4 Å². The second kappa shape index (κ2) is 9.71. The molecule has 3 aromatic rings. The van der Waals surface area contributed by atoms with Gasteiger partial charge in [0, 0.05) is 17.3 Å². The average Bonchev–Trinajstić information content (AvgIpc) is 2.76. The first-order valence-electron chi connectivity index (χ1n) is 9.06. The zero-order valence-corrected chi connectivity index (χ0v) is 16.7. The molecule has 0 atom stereocenters. The molecule has 0 radical (unpaired) electrons. The maximum Gasteiger partial charge on any atom is 0.283 e. The van der Waals surface area contributed by atoms with Crippen LogP contribution in [-0.2, 0) is 11.3 Å². The molecule has 2 N–H and O–H groups in total. The minimum absolute atomic E-state index is 0.00150. The van der Waals surface area contributed by atoms with Crippen molar-refractivity contribution in [3.63, 3.8) is 0 Å². The SMILES string of the molecule is NC(=O)c1ccc(SCC(=O)N(Cc2ccccc2)c2ccccc2)c([N+](=O)[O-])c1. The molecule has 3 rings (SSSR count). The molecule has 0 saturated carbocycles. The lowest BCUT2D eigenvalue weighted by atomic mass is 10.2. The second-order valence-electron chi connectivity index (χ2n) is 6.39. The van der Waals surface area contributed by atoms with Crippen molar-refractivity contribution in [3.05, 3.63) is 100 Å². The van der Waals surface area contributed by atoms with E-state index in [1.807, 2.05) is 60.7 Å². The topological polar surface area (TPSA) is 107 Å². The summed E-state index contributed by atoms with van der Waals surface area (Å²) in [5, 5.41) is 11.4. The lowest BCUT2D eigenvalue weighted by molar-refractivity contribution is -0.387. The molecule has 0 aromatic heterocycles. The number of nitro groups is 1. The second-order valence-corrected chi connectivity index (χ2v) is 7.41. The molecule has 152 valence electrons. The van der Waals surface area contributed by atoms with Crippen LogP contribution in [-0.4, -0.2) is 22.5 Å². The van der Waals surface area contributed by atoms with E-state index in [2.05, 4.69) is 0 Å². The molecule has 0 fully saturated rings. The summed E-state index contributed by atoms with van der Waals surface area (Å²) in [6.45, 7) is 0.382. The fraction of sp³-hybridized carbons (Fsp3) is 0.0909. The lowest BCUT2D eigenvalue weighted by Crippen LogP contribution is -2.31. The Kier molecular flexibility index (Phi) is 6.82. The first-order chi connectivity index (χ1) is 14.5. The third kappa shape index (κ3) is 5.24. The van der Waals surface area contributed by atoms with Crippen LogP contribution in [0.15, 0.2) is 83.8 Å². The van der Waals surface area contributed by atoms with Crippen LogP contribution in [0.2, 0.25) is 0 Å². The third-order valence-corrected chi connectivity index (χ3v) is 5.39. The van der Waals surface area contributed by atoms with E-state index >= 15 is 0 Å². The van der Waals surface area contributed by atoms with Crippen LogP contribution >= 0.6 is 11.8 Å². The zero-order chi connectivity index (χ0) is 21.5. The Morgan fingerprint density at radius 3 is 2.20 bits per heavy atom. The molecule has 8 heteroatoms. The summed E-state index contributed by atoms with van der Waals surface area (Å²) in [6.07, 6.45) is 0. The smallest absolute Gasteiger partial charge is 0.283 e. The maximum atomic E-state index is 13.0. The molecule has 0 heterocycles. The number of rotatable bonds is 8. The van der Waals surface area contributed by atoms with Crippen LogP contribution in [0.25, 0.3) is 0 Å². The number of amides is 2. The molecule has 0 aliphatic carbocycles. The van der Waals surface area contributed by atoms with Crippen molar-refractivity contribution in [2.45, 2.75) is 11.4 Å². The van der Waals surface area contributed by atoms with E-state index < -0.39 is 10.8 Å². The number of carbonyl (C=O) groups excluding carboxylic acids is 2. The highest BCUT2D eigenvalue weighted by molar-refractivity contribution is 8.00. The Bertz CT molecular complexity index is 1060. The van der Waals surface area contributed by atoms with Gasteiger partial charge in [-0.3, -0.25) is 19.7 Å². The highest BCUT2D eigenvalue weighted by atomic mass is 32.2. The Morgan fingerprint density at radius 1 is 0.967 bits per heavy atom. The Hall–Kier alpha value is -3.65. The van der Waals surface area contributed by atoms with E-state index in [0.29, 0.717) is 11.4 Å². The van der Waals surface area contributed by atoms with Gasteiger partial charge in [0.05, 0.1) is 22.1 Å².